The van der Waals surface area contributed by atoms with Crippen molar-refractivity contribution in [3.05, 3.63) is 21.9 Å². The maximum atomic E-state index is 5.09. The van der Waals surface area contributed by atoms with Crippen LogP contribution in [0.1, 0.15) is 29.6 Å². The quantitative estimate of drug-likeness (QED) is 0.812. The van der Waals surface area contributed by atoms with E-state index < -0.39 is 0 Å². The zero-order valence-corrected chi connectivity index (χ0v) is 10.1. The van der Waals surface area contributed by atoms with E-state index in [1.807, 2.05) is 11.3 Å². The Kier molecular flexibility index (Phi) is 4.58. The molecule has 14 heavy (non-hydrogen) atoms. The van der Waals surface area contributed by atoms with Gasteiger partial charge in [-0.3, -0.25) is 0 Å². The van der Waals surface area contributed by atoms with Crippen LogP contribution < -0.4 is 5.32 Å². The van der Waals surface area contributed by atoms with Crippen molar-refractivity contribution in [3.63, 3.8) is 0 Å². The molecule has 0 aromatic carbocycles. The molecule has 1 rings (SSSR count). The first-order valence-electron chi connectivity index (χ1n) is 4.94. The van der Waals surface area contributed by atoms with Crippen LogP contribution in [0, 0.1) is 6.92 Å². The molecule has 0 radical (unpaired) electrons. The number of rotatable bonds is 5. The summed E-state index contributed by atoms with van der Waals surface area (Å²) in [7, 11) is 1.73. The molecule has 0 fully saturated rings. The Morgan fingerprint density at radius 3 is 2.64 bits per heavy atom. The van der Waals surface area contributed by atoms with E-state index >= 15 is 0 Å². The molecule has 1 heterocycles. The van der Waals surface area contributed by atoms with Gasteiger partial charge in [-0.1, -0.05) is 0 Å². The van der Waals surface area contributed by atoms with E-state index in [2.05, 4.69) is 38.2 Å². The van der Waals surface area contributed by atoms with Gasteiger partial charge in [0, 0.05) is 28.9 Å². The minimum Gasteiger partial charge on any atom is -0.383 e. The molecule has 3 heteroatoms. The van der Waals surface area contributed by atoms with Crippen LogP contribution in [-0.2, 0) is 4.74 Å². The van der Waals surface area contributed by atoms with Gasteiger partial charge in [-0.2, -0.15) is 0 Å². The second kappa shape index (κ2) is 5.49. The zero-order chi connectivity index (χ0) is 10.6. The lowest BCUT2D eigenvalue weighted by Crippen LogP contribution is -2.32. The highest BCUT2D eigenvalue weighted by Gasteiger charge is 2.10. The van der Waals surface area contributed by atoms with Gasteiger partial charge >= 0.3 is 0 Å². The third-order valence-electron chi connectivity index (χ3n) is 2.14. The summed E-state index contributed by atoms with van der Waals surface area (Å²) >= 11 is 1.85. The molecule has 0 aliphatic rings. The van der Waals surface area contributed by atoms with Crippen LogP contribution in [0.2, 0.25) is 0 Å². The van der Waals surface area contributed by atoms with Crippen LogP contribution in [0.15, 0.2) is 12.1 Å². The van der Waals surface area contributed by atoms with Crippen LogP contribution in [0.4, 0.5) is 0 Å². The van der Waals surface area contributed by atoms with Crippen LogP contribution in [0.25, 0.3) is 0 Å². The lowest BCUT2D eigenvalue weighted by Gasteiger charge is -2.18. The Bertz CT molecular complexity index is 272. The number of ether oxygens (including phenoxy) is 1. The van der Waals surface area contributed by atoms with Crippen LogP contribution in [-0.4, -0.2) is 19.8 Å². The number of hydrogen-bond acceptors (Lipinski definition) is 3. The van der Waals surface area contributed by atoms with Gasteiger partial charge in [0.15, 0.2) is 0 Å². The molecule has 0 unspecified atom stereocenters. The molecule has 0 saturated carbocycles. The predicted octanol–water partition coefficient (Wildman–Crippen LogP) is 2.74. The first-order chi connectivity index (χ1) is 6.63. The molecule has 2 nitrogen and oxygen atoms in total. The number of aryl methyl sites for hydroxylation is 1. The van der Waals surface area contributed by atoms with E-state index in [9.17, 15) is 0 Å². The largest absolute Gasteiger partial charge is 0.383 e. The number of methoxy groups -OCH3 is 1. The highest BCUT2D eigenvalue weighted by atomic mass is 32.1. The molecular weight excluding hydrogens is 194 g/mol. The van der Waals surface area contributed by atoms with Crippen LogP contribution in [0.5, 0.6) is 0 Å². The second-order valence-corrected chi connectivity index (χ2v) is 5.01. The number of thiophene rings is 1. The van der Waals surface area contributed by atoms with Crippen molar-refractivity contribution in [1.29, 1.82) is 0 Å². The van der Waals surface area contributed by atoms with E-state index in [1.54, 1.807) is 7.11 Å². The van der Waals surface area contributed by atoms with Crippen molar-refractivity contribution in [1.82, 2.24) is 5.32 Å². The van der Waals surface area contributed by atoms with Crippen molar-refractivity contribution < 1.29 is 4.74 Å². The fourth-order valence-corrected chi connectivity index (χ4v) is 2.38. The molecule has 0 spiro atoms. The Morgan fingerprint density at radius 2 is 2.14 bits per heavy atom. The molecule has 0 amide bonds. The molecule has 1 N–H and O–H groups in total. The molecule has 80 valence electrons. The van der Waals surface area contributed by atoms with Crippen LogP contribution in [0.3, 0.4) is 0 Å². The van der Waals surface area contributed by atoms with E-state index in [1.165, 1.54) is 9.75 Å². The SMILES string of the molecule is COC[C@H](C)N[C@@H](C)c1ccc(C)s1. The highest BCUT2D eigenvalue weighted by Crippen LogP contribution is 2.22. The summed E-state index contributed by atoms with van der Waals surface area (Å²) in [6.45, 7) is 7.23. The molecule has 0 bridgehead atoms. The van der Waals surface area contributed by atoms with Gasteiger partial charge in [-0.25, -0.2) is 0 Å². The van der Waals surface area contributed by atoms with E-state index in [0.29, 0.717) is 12.1 Å². The average molecular weight is 213 g/mol. The van der Waals surface area contributed by atoms with Crippen molar-refractivity contribution in [2.45, 2.75) is 32.9 Å². The van der Waals surface area contributed by atoms with E-state index in [-0.39, 0.29) is 0 Å². The van der Waals surface area contributed by atoms with Gasteiger partial charge in [0.1, 0.15) is 0 Å². The number of hydrogen-bond donors (Lipinski definition) is 1. The highest BCUT2D eigenvalue weighted by molar-refractivity contribution is 7.12. The number of nitrogens with one attached hydrogen (secondary N) is 1. The summed E-state index contributed by atoms with van der Waals surface area (Å²) in [5.41, 5.74) is 0. The maximum Gasteiger partial charge on any atom is 0.0613 e. The minimum absolute atomic E-state index is 0.400. The van der Waals surface area contributed by atoms with Crippen LogP contribution >= 0.6 is 11.3 Å². The molecule has 1 aromatic rings. The van der Waals surface area contributed by atoms with Crippen molar-refractivity contribution in [3.8, 4) is 0 Å². The van der Waals surface area contributed by atoms with Gasteiger partial charge in [-0.05, 0) is 32.9 Å². The van der Waals surface area contributed by atoms with Crippen molar-refractivity contribution in [2.75, 3.05) is 13.7 Å². The first kappa shape index (κ1) is 11.7. The van der Waals surface area contributed by atoms with Gasteiger partial charge in [0.2, 0.25) is 0 Å². The summed E-state index contributed by atoms with van der Waals surface area (Å²) < 4.78 is 5.09. The topological polar surface area (TPSA) is 21.3 Å². The average Bonchev–Trinajstić information content (AvgIpc) is 2.52. The van der Waals surface area contributed by atoms with Crippen molar-refractivity contribution >= 4 is 11.3 Å². The van der Waals surface area contributed by atoms with E-state index in [0.717, 1.165) is 6.61 Å². The molecule has 0 aliphatic carbocycles. The van der Waals surface area contributed by atoms with Gasteiger partial charge in [0.05, 0.1) is 6.61 Å². The monoisotopic (exact) mass is 213 g/mol. The Morgan fingerprint density at radius 1 is 1.43 bits per heavy atom. The molecule has 0 saturated heterocycles. The fraction of sp³-hybridized carbons (Fsp3) is 0.636. The smallest absolute Gasteiger partial charge is 0.0613 e. The normalized spacial score (nSPS) is 15.4. The Labute approximate surface area is 90.3 Å². The van der Waals surface area contributed by atoms with Gasteiger partial charge in [-0.15, -0.1) is 11.3 Å². The zero-order valence-electron chi connectivity index (χ0n) is 9.33. The predicted molar refractivity (Wildman–Crippen MR) is 61.9 cm³/mol. The molecular formula is C11H19NOS. The summed E-state index contributed by atoms with van der Waals surface area (Å²) in [5.74, 6) is 0. The third-order valence-corrected chi connectivity index (χ3v) is 3.32. The van der Waals surface area contributed by atoms with Gasteiger partial charge in [0.25, 0.3) is 0 Å². The molecule has 2 atom stereocenters. The lowest BCUT2D eigenvalue weighted by atomic mass is 10.2. The van der Waals surface area contributed by atoms with Gasteiger partial charge < -0.3 is 10.1 Å². The van der Waals surface area contributed by atoms with E-state index in [4.69, 9.17) is 4.74 Å². The Hall–Kier alpha value is -0.380. The van der Waals surface area contributed by atoms with Crippen molar-refractivity contribution in [2.24, 2.45) is 0 Å². The maximum absolute atomic E-state index is 5.09. The molecule has 1 aromatic heterocycles. The summed E-state index contributed by atoms with van der Waals surface area (Å²) in [6.07, 6.45) is 0. The minimum atomic E-state index is 0.400. The lowest BCUT2D eigenvalue weighted by molar-refractivity contribution is 0.168. The summed E-state index contributed by atoms with van der Waals surface area (Å²) in [4.78, 5) is 2.76. The Balaban J connectivity index is 2.45. The standard InChI is InChI=1S/C11H19NOS/c1-8(7-13-4)12-10(3)11-6-5-9(2)14-11/h5-6,8,10,12H,7H2,1-4H3/t8-,10-/m0/s1. The second-order valence-electron chi connectivity index (χ2n) is 3.69. The third kappa shape index (κ3) is 3.40. The first-order valence-corrected chi connectivity index (χ1v) is 5.76. The summed E-state index contributed by atoms with van der Waals surface area (Å²) in [5, 5.41) is 3.50. The summed E-state index contributed by atoms with van der Waals surface area (Å²) in [6, 6.07) is 5.17. The molecule has 0 aliphatic heterocycles. The fourth-order valence-electron chi connectivity index (χ4n) is 1.49.